The number of aromatic nitrogens is 2. The summed E-state index contributed by atoms with van der Waals surface area (Å²) in [6.07, 6.45) is 6.30. The molecule has 0 bridgehead atoms. The molecule has 0 aromatic carbocycles. The Morgan fingerprint density at radius 3 is 2.77 bits per heavy atom. The molecule has 22 heavy (non-hydrogen) atoms. The average molecular weight is 308 g/mol. The molecule has 1 aromatic rings. The monoisotopic (exact) mass is 308 g/mol. The summed E-state index contributed by atoms with van der Waals surface area (Å²) in [7, 11) is 0. The molecule has 7 heteroatoms. The Morgan fingerprint density at radius 1 is 1.32 bits per heavy atom. The Morgan fingerprint density at radius 2 is 2.09 bits per heavy atom. The number of carbonyl (C=O) groups excluding carboxylic acids is 1. The Labute approximate surface area is 129 Å². The molecule has 7 nitrogen and oxygen atoms in total. The maximum atomic E-state index is 12.1. The molecule has 0 unspecified atom stereocenters. The SMILES string of the molecule is N[C@@H]1C[C@H](C(=O)NCc2nc(C3CCCCC3)no2)C[C@H]1O. The van der Waals surface area contributed by atoms with Crippen LogP contribution in [0.25, 0.3) is 0 Å². The highest BCUT2D eigenvalue weighted by Gasteiger charge is 2.34. The van der Waals surface area contributed by atoms with Crippen molar-refractivity contribution in [3.63, 3.8) is 0 Å². The first-order chi connectivity index (χ1) is 10.6. The van der Waals surface area contributed by atoms with Crippen LogP contribution in [0.3, 0.4) is 0 Å². The number of rotatable bonds is 4. The van der Waals surface area contributed by atoms with Crippen LogP contribution >= 0.6 is 0 Å². The molecular formula is C15H24N4O3. The molecule has 3 rings (SSSR count). The van der Waals surface area contributed by atoms with Crippen molar-refractivity contribution in [2.24, 2.45) is 11.7 Å². The van der Waals surface area contributed by atoms with Crippen molar-refractivity contribution in [3.05, 3.63) is 11.7 Å². The molecule has 2 aliphatic rings. The molecule has 122 valence electrons. The van der Waals surface area contributed by atoms with Crippen LogP contribution < -0.4 is 11.1 Å². The normalized spacial score (nSPS) is 29.6. The largest absolute Gasteiger partial charge is 0.391 e. The summed E-state index contributed by atoms with van der Waals surface area (Å²) in [4.78, 5) is 16.4. The Hall–Kier alpha value is -1.47. The summed E-state index contributed by atoms with van der Waals surface area (Å²) in [5, 5.41) is 16.4. The lowest BCUT2D eigenvalue weighted by molar-refractivity contribution is -0.125. The molecule has 0 aliphatic heterocycles. The first kappa shape index (κ1) is 15.4. The molecule has 4 N–H and O–H groups in total. The van der Waals surface area contributed by atoms with Crippen LogP contribution in [0.5, 0.6) is 0 Å². The molecule has 2 aliphatic carbocycles. The maximum absolute atomic E-state index is 12.1. The standard InChI is InChI=1S/C15H24N4O3/c16-11-6-10(7-12(11)20)15(21)17-8-13-18-14(19-22-13)9-4-2-1-3-5-9/h9-12,20H,1-8,16H2,(H,17,21)/t10-,11+,12+/m0/s1. The van der Waals surface area contributed by atoms with Gasteiger partial charge in [0.2, 0.25) is 11.8 Å². The third-order valence-electron chi connectivity index (χ3n) is 4.82. The molecule has 0 radical (unpaired) electrons. The maximum Gasteiger partial charge on any atom is 0.246 e. The van der Waals surface area contributed by atoms with Gasteiger partial charge in [0, 0.05) is 17.9 Å². The number of hydrogen-bond donors (Lipinski definition) is 3. The average Bonchev–Trinajstić information content (AvgIpc) is 3.13. The van der Waals surface area contributed by atoms with Crippen LogP contribution in [0.4, 0.5) is 0 Å². The van der Waals surface area contributed by atoms with Gasteiger partial charge in [-0.05, 0) is 25.7 Å². The summed E-state index contributed by atoms with van der Waals surface area (Å²) < 4.78 is 5.22. The highest BCUT2D eigenvalue weighted by atomic mass is 16.5. The second-order valence-corrected chi connectivity index (χ2v) is 6.50. The van der Waals surface area contributed by atoms with Gasteiger partial charge in [0.15, 0.2) is 5.82 Å². The Balaban J connectivity index is 1.49. The van der Waals surface area contributed by atoms with Gasteiger partial charge in [0.1, 0.15) is 0 Å². The van der Waals surface area contributed by atoms with E-state index in [0.717, 1.165) is 18.7 Å². The van der Waals surface area contributed by atoms with Crippen LogP contribution in [0.2, 0.25) is 0 Å². The van der Waals surface area contributed by atoms with E-state index in [9.17, 15) is 9.90 Å². The highest BCUT2D eigenvalue weighted by Crippen LogP contribution is 2.30. The minimum absolute atomic E-state index is 0.107. The van der Waals surface area contributed by atoms with Gasteiger partial charge in [-0.2, -0.15) is 4.98 Å². The van der Waals surface area contributed by atoms with Gasteiger partial charge in [0.25, 0.3) is 0 Å². The minimum Gasteiger partial charge on any atom is -0.391 e. The number of nitrogens with two attached hydrogens (primary N) is 1. The molecule has 2 fully saturated rings. The third-order valence-corrected chi connectivity index (χ3v) is 4.82. The summed E-state index contributed by atoms with van der Waals surface area (Å²) in [6.45, 7) is 0.236. The summed E-state index contributed by atoms with van der Waals surface area (Å²) in [5.41, 5.74) is 5.73. The van der Waals surface area contributed by atoms with E-state index in [1.807, 2.05) is 0 Å². The van der Waals surface area contributed by atoms with E-state index < -0.39 is 6.10 Å². The Bertz CT molecular complexity index is 503. The number of aliphatic hydroxyl groups excluding tert-OH is 1. The first-order valence-electron chi connectivity index (χ1n) is 8.17. The molecule has 0 saturated heterocycles. The van der Waals surface area contributed by atoms with E-state index in [2.05, 4.69) is 15.5 Å². The van der Waals surface area contributed by atoms with Gasteiger partial charge in [-0.15, -0.1) is 0 Å². The van der Waals surface area contributed by atoms with E-state index in [0.29, 0.717) is 24.7 Å². The smallest absolute Gasteiger partial charge is 0.246 e. The van der Waals surface area contributed by atoms with Crippen molar-refractivity contribution >= 4 is 5.91 Å². The number of carbonyl (C=O) groups is 1. The molecule has 1 amide bonds. The van der Waals surface area contributed by atoms with E-state index in [4.69, 9.17) is 10.3 Å². The molecule has 1 heterocycles. The van der Waals surface area contributed by atoms with Crippen LogP contribution in [0.1, 0.15) is 62.6 Å². The van der Waals surface area contributed by atoms with Gasteiger partial charge in [-0.3, -0.25) is 4.79 Å². The predicted octanol–water partition coefficient (Wildman–Crippen LogP) is 0.832. The Kier molecular flexibility index (Phi) is 4.73. The van der Waals surface area contributed by atoms with Crippen LogP contribution in [0.15, 0.2) is 4.52 Å². The first-order valence-corrected chi connectivity index (χ1v) is 8.17. The van der Waals surface area contributed by atoms with Gasteiger partial charge in [-0.25, -0.2) is 0 Å². The van der Waals surface area contributed by atoms with Crippen molar-refractivity contribution in [2.75, 3.05) is 0 Å². The second kappa shape index (κ2) is 6.75. The molecule has 2 saturated carbocycles. The number of amides is 1. The van der Waals surface area contributed by atoms with E-state index in [1.165, 1.54) is 19.3 Å². The molecule has 1 aromatic heterocycles. The lowest BCUT2D eigenvalue weighted by Crippen LogP contribution is -2.30. The zero-order valence-electron chi connectivity index (χ0n) is 12.7. The van der Waals surface area contributed by atoms with Gasteiger partial charge >= 0.3 is 0 Å². The van der Waals surface area contributed by atoms with Gasteiger partial charge < -0.3 is 20.7 Å². The predicted molar refractivity (Wildman–Crippen MR) is 78.7 cm³/mol. The van der Waals surface area contributed by atoms with Crippen molar-refractivity contribution in [1.82, 2.24) is 15.5 Å². The van der Waals surface area contributed by atoms with Gasteiger partial charge in [0.05, 0.1) is 12.6 Å². The fraction of sp³-hybridized carbons (Fsp3) is 0.800. The highest BCUT2D eigenvalue weighted by molar-refractivity contribution is 5.79. The fourth-order valence-electron chi connectivity index (χ4n) is 3.44. The summed E-state index contributed by atoms with van der Waals surface area (Å²) >= 11 is 0. The number of aliphatic hydroxyl groups is 1. The van der Waals surface area contributed by atoms with E-state index in [1.54, 1.807) is 0 Å². The topological polar surface area (TPSA) is 114 Å². The molecule has 0 spiro atoms. The van der Waals surface area contributed by atoms with Crippen LogP contribution in [-0.2, 0) is 11.3 Å². The minimum atomic E-state index is -0.586. The number of nitrogens with one attached hydrogen (secondary N) is 1. The van der Waals surface area contributed by atoms with E-state index in [-0.39, 0.29) is 24.4 Å². The quantitative estimate of drug-likeness (QED) is 0.759. The molecule has 3 atom stereocenters. The number of nitrogens with zero attached hydrogens (tertiary/aromatic N) is 2. The lowest BCUT2D eigenvalue weighted by atomic mass is 9.89. The van der Waals surface area contributed by atoms with Crippen molar-refractivity contribution < 1.29 is 14.4 Å². The van der Waals surface area contributed by atoms with Crippen molar-refractivity contribution in [3.8, 4) is 0 Å². The van der Waals surface area contributed by atoms with Crippen molar-refractivity contribution in [2.45, 2.75) is 69.6 Å². The fourth-order valence-corrected chi connectivity index (χ4v) is 3.44. The van der Waals surface area contributed by atoms with E-state index >= 15 is 0 Å². The zero-order valence-corrected chi connectivity index (χ0v) is 12.7. The third kappa shape index (κ3) is 3.47. The van der Waals surface area contributed by atoms with Crippen molar-refractivity contribution in [1.29, 1.82) is 0 Å². The van der Waals surface area contributed by atoms with Crippen LogP contribution in [0, 0.1) is 5.92 Å². The van der Waals surface area contributed by atoms with Crippen LogP contribution in [-0.4, -0.2) is 33.3 Å². The number of hydrogen-bond acceptors (Lipinski definition) is 6. The summed E-state index contributed by atoms with van der Waals surface area (Å²) in [5.74, 6) is 1.26. The molecular weight excluding hydrogens is 284 g/mol. The lowest BCUT2D eigenvalue weighted by Gasteiger charge is -2.17. The van der Waals surface area contributed by atoms with Gasteiger partial charge in [-0.1, -0.05) is 24.4 Å². The second-order valence-electron chi connectivity index (χ2n) is 6.50. The zero-order chi connectivity index (χ0) is 15.5. The summed E-state index contributed by atoms with van der Waals surface area (Å²) in [6, 6.07) is -0.308.